The number of nitrogens with one attached hydrogen (secondary N) is 1. The Bertz CT molecular complexity index is 1420. The summed E-state index contributed by atoms with van der Waals surface area (Å²) < 4.78 is 0. The van der Waals surface area contributed by atoms with Crippen LogP contribution in [0.2, 0.25) is 15.1 Å². The fourth-order valence-corrected chi connectivity index (χ4v) is 4.65. The number of hydrogen-bond acceptors (Lipinski definition) is 4. The Balaban J connectivity index is 1.41. The van der Waals surface area contributed by atoms with Crippen molar-refractivity contribution in [3.8, 4) is 22.3 Å². The Labute approximate surface area is 230 Å². The van der Waals surface area contributed by atoms with E-state index in [4.69, 9.17) is 39.9 Å². The highest BCUT2D eigenvalue weighted by atomic mass is 35.5. The number of carbonyl (C=O) groups excluding carboxylic acids is 1. The summed E-state index contributed by atoms with van der Waals surface area (Å²) in [5.74, 6) is -1.09. The molecule has 188 valence electrons. The van der Waals surface area contributed by atoms with E-state index in [0.29, 0.717) is 33.7 Å². The van der Waals surface area contributed by atoms with Crippen LogP contribution in [-0.2, 0) is 11.3 Å². The molecule has 0 atom stereocenters. The Morgan fingerprint density at radius 3 is 2.22 bits per heavy atom. The Morgan fingerprint density at radius 2 is 1.54 bits per heavy atom. The third-order valence-corrected chi connectivity index (χ3v) is 6.52. The monoisotopic (exact) mass is 552 g/mol. The lowest BCUT2D eigenvalue weighted by molar-refractivity contribution is -0.137. The quantitative estimate of drug-likeness (QED) is 0.193. The first-order valence-electron chi connectivity index (χ1n) is 11.6. The van der Waals surface area contributed by atoms with E-state index in [9.17, 15) is 9.59 Å². The lowest BCUT2D eigenvalue weighted by Crippen LogP contribution is -2.04. The number of Topliss-reactive ketones (excluding diaryl/α,β-unsaturated/α-hetero) is 1. The highest BCUT2D eigenvalue weighted by Crippen LogP contribution is 2.31. The summed E-state index contributed by atoms with van der Waals surface area (Å²) in [6, 6.07) is 22.7. The summed E-state index contributed by atoms with van der Waals surface area (Å²) in [4.78, 5) is 27.2. The van der Waals surface area contributed by atoms with Crippen molar-refractivity contribution in [3.63, 3.8) is 0 Å². The maximum absolute atomic E-state index is 12.2. The number of carbonyl (C=O) groups is 2. The third kappa shape index (κ3) is 7.32. The number of aromatic nitrogens is 1. The van der Waals surface area contributed by atoms with Crippen molar-refractivity contribution in [2.24, 2.45) is 0 Å². The molecule has 0 fully saturated rings. The molecule has 0 amide bonds. The molecular formula is C29H23Cl3N2O3. The number of hydrogen-bond donors (Lipinski definition) is 2. The van der Waals surface area contributed by atoms with Crippen LogP contribution >= 0.6 is 34.8 Å². The van der Waals surface area contributed by atoms with E-state index in [0.717, 1.165) is 33.5 Å². The predicted molar refractivity (Wildman–Crippen MR) is 150 cm³/mol. The molecule has 5 nitrogen and oxygen atoms in total. The maximum Gasteiger partial charge on any atom is 0.303 e. The molecule has 0 aliphatic heterocycles. The molecule has 0 saturated carbocycles. The third-order valence-electron chi connectivity index (χ3n) is 5.76. The predicted octanol–water partition coefficient (Wildman–Crippen LogP) is 8.43. The van der Waals surface area contributed by atoms with Gasteiger partial charge in [0, 0.05) is 57.5 Å². The van der Waals surface area contributed by atoms with E-state index in [1.807, 2.05) is 60.7 Å². The van der Waals surface area contributed by atoms with Gasteiger partial charge in [-0.15, -0.1) is 0 Å². The van der Waals surface area contributed by atoms with Crippen molar-refractivity contribution in [1.82, 2.24) is 4.98 Å². The van der Waals surface area contributed by atoms with Crippen molar-refractivity contribution in [3.05, 3.63) is 105 Å². The lowest BCUT2D eigenvalue weighted by Gasteiger charge is -2.11. The molecule has 0 aliphatic rings. The average Bonchev–Trinajstić information content (AvgIpc) is 2.87. The standard InChI is InChI=1S/C29H23Cl3N2O3/c30-22-7-10-25(26(32)15-22)19-4-8-24(9-5-19)33-16-18-12-21(14-23(31)13-18)20-6-11-27(34-17-20)28(35)2-1-3-29(36)37/h4-15,17,33H,1-3,16H2,(H,36,37). The average molecular weight is 554 g/mol. The number of nitrogens with zero attached hydrogens (tertiary/aromatic N) is 1. The molecule has 37 heavy (non-hydrogen) atoms. The number of ketones is 1. The number of halogens is 3. The lowest BCUT2D eigenvalue weighted by atomic mass is 10.0. The topological polar surface area (TPSA) is 79.3 Å². The fraction of sp³-hybridized carbons (Fsp3) is 0.138. The molecular weight excluding hydrogens is 531 g/mol. The van der Waals surface area contributed by atoms with Gasteiger partial charge in [0.05, 0.1) is 0 Å². The van der Waals surface area contributed by atoms with Gasteiger partial charge in [-0.1, -0.05) is 59.1 Å². The van der Waals surface area contributed by atoms with Gasteiger partial charge in [-0.2, -0.15) is 0 Å². The summed E-state index contributed by atoms with van der Waals surface area (Å²) in [5, 5.41) is 13.9. The molecule has 0 aliphatic carbocycles. The molecule has 8 heteroatoms. The first-order chi connectivity index (χ1) is 17.8. The first-order valence-corrected chi connectivity index (χ1v) is 12.7. The Kier molecular flexibility index (Phi) is 8.82. The van der Waals surface area contributed by atoms with Gasteiger partial charge in [0.2, 0.25) is 0 Å². The largest absolute Gasteiger partial charge is 0.481 e. The van der Waals surface area contributed by atoms with E-state index in [1.54, 1.807) is 18.3 Å². The molecule has 3 aromatic carbocycles. The van der Waals surface area contributed by atoms with Crippen LogP contribution in [0.3, 0.4) is 0 Å². The molecule has 1 aromatic heterocycles. The SMILES string of the molecule is O=C(O)CCCC(=O)c1ccc(-c2cc(Cl)cc(CNc3ccc(-c4ccc(Cl)cc4Cl)cc3)c2)cn1. The number of rotatable bonds is 10. The van der Waals surface area contributed by atoms with Crippen molar-refractivity contribution < 1.29 is 14.7 Å². The minimum absolute atomic E-state index is 0.0377. The number of benzene rings is 3. The van der Waals surface area contributed by atoms with E-state index >= 15 is 0 Å². The molecule has 0 unspecified atom stereocenters. The van der Waals surface area contributed by atoms with Crippen LogP contribution < -0.4 is 5.32 Å². The van der Waals surface area contributed by atoms with Gasteiger partial charge in [0.15, 0.2) is 5.78 Å². The number of aliphatic carboxylic acids is 1. The summed E-state index contributed by atoms with van der Waals surface area (Å²) in [5.41, 5.74) is 5.88. The number of pyridine rings is 1. The van der Waals surface area contributed by atoms with Crippen molar-refractivity contribution >= 4 is 52.2 Å². The van der Waals surface area contributed by atoms with Gasteiger partial charge >= 0.3 is 5.97 Å². The second-order valence-electron chi connectivity index (χ2n) is 8.51. The minimum Gasteiger partial charge on any atom is -0.481 e. The molecule has 0 spiro atoms. The summed E-state index contributed by atoms with van der Waals surface area (Å²) in [6.45, 7) is 0.558. The van der Waals surface area contributed by atoms with Crippen LogP contribution in [0, 0.1) is 0 Å². The minimum atomic E-state index is -0.915. The van der Waals surface area contributed by atoms with E-state index < -0.39 is 5.97 Å². The highest BCUT2D eigenvalue weighted by Gasteiger charge is 2.10. The van der Waals surface area contributed by atoms with Gasteiger partial charge in [0.25, 0.3) is 0 Å². The van der Waals surface area contributed by atoms with E-state index in [-0.39, 0.29) is 18.6 Å². The van der Waals surface area contributed by atoms with Crippen molar-refractivity contribution in [2.75, 3.05) is 5.32 Å². The van der Waals surface area contributed by atoms with Crippen molar-refractivity contribution in [2.45, 2.75) is 25.8 Å². The molecule has 0 bridgehead atoms. The zero-order valence-corrected chi connectivity index (χ0v) is 21.9. The molecule has 4 rings (SSSR count). The molecule has 0 saturated heterocycles. The van der Waals surface area contributed by atoms with Crippen LogP contribution in [0.25, 0.3) is 22.3 Å². The second-order valence-corrected chi connectivity index (χ2v) is 9.79. The van der Waals surface area contributed by atoms with E-state index in [1.165, 1.54) is 0 Å². The van der Waals surface area contributed by atoms with Crippen molar-refractivity contribution in [1.29, 1.82) is 0 Å². The summed E-state index contributed by atoms with van der Waals surface area (Å²) >= 11 is 18.7. The van der Waals surface area contributed by atoms with Crippen LogP contribution in [-0.4, -0.2) is 21.8 Å². The second kappa shape index (κ2) is 12.2. The zero-order valence-electron chi connectivity index (χ0n) is 19.7. The smallest absolute Gasteiger partial charge is 0.303 e. The molecule has 0 radical (unpaired) electrons. The fourth-order valence-electron chi connectivity index (χ4n) is 3.87. The van der Waals surface area contributed by atoms with Gasteiger partial charge in [-0.25, -0.2) is 0 Å². The Hall–Kier alpha value is -3.38. The normalized spacial score (nSPS) is 10.8. The number of carboxylic acid groups (broad SMARTS) is 1. The van der Waals surface area contributed by atoms with Gasteiger partial charge in [-0.3, -0.25) is 14.6 Å². The summed E-state index contributed by atoms with van der Waals surface area (Å²) in [6.07, 6.45) is 2.04. The first kappa shape index (κ1) is 26.7. The van der Waals surface area contributed by atoms with Crippen LogP contribution in [0.15, 0.2) is 79.0 Å². The van der Waals surface area contributed by atoms with Gasteiger partial charge in [0.1, 0.15) is 5.69 Å². The summed E-state index contributed by atoms with van der Waals surface area (Å²) in [7, 11) is 0. The maximum atomic E-state index is 12.2. The molecule has 1 heterocycles. The van der Waals surface area contributed by atoms with Gasteiger partial charge < -0.3 is 10.4 Å². The number of carboxylic acids is 1. The molecule has 4 aromatic rings. The molecule has 2 N–H and O–H groups in total. The van der Waals surface area contributed by atoms with Crippen LogP contribution in [0.4, 0.5) is 5.69 Å². The van der Waals surface area contributed by atoms with Crippen LogP contribution in [0.5, 0.6) is 0 Å². The number of anilines is 1. The highest BCUT2D eigenvalue weighted by molar-refractivity contribution is 6.36. The van der Waals surface area contributed by atoms with Gasteiger partial charge in [-0.05, 0) is 71.6 Å². The Morgan fingerprint density at radius 1 is 0.784 bits per heavy atom. The van der Waals surface area contributed by atoms with E-state index in [2.05, 4.69) is 10.3 Å². The van der Waals surface area contributed by atoms with Crippen LogP contribution in [0.1, 0.15) is 35.3 Å². The zero-order chi connectivity index (χ0) is 26.4.